The third-order valence-electron chi connectivity index (χ3n) is 4.28. The monoisotopic (exact) mass is 345 g/mol. The highest BCUT2D eigenvalue weighted by Crippen LogP contribution is 2.31. The van der Waals surface area contributed by atoms with Gasteiger partial charge in [-0.25, -0.2) is 8.42 Å². The molecule has 0 atom stereocenters. The molecular weight excluding hydrogens is 326 g/mol. The average Bonchev–Trinajstić information content (AvgIpc) is 2.79. The second kappa shape index (κ2) is 6.16. The molecule has 0 aliphatic carbocycles. The Morgan fingerprint density at radius 3 is 2.59 bits per heavy atom. The Morgan fingerprint density at radius 1 is 1.36 bits per heavy atom. The van der Waals surface area contributed by atoms with Crippen LogP contribution in [0.1, 0.15) is 12.5 Å². The summed E-state index contributed by atoms with van der Waals surface area (Å²) in [4.78, 5) is 13.5. The molecule has 1 N–H and O–H groups in total. The lowest BCUT2D eigenvalue weighted by Gasteiger charge is -2.34. The number of halogens is 1. The molecule has 2 aliphatic rings. The SMILES string of the molecule is CC(=O)N1CCc2cc(S(=O)(=O)N(C)C3CNC3)ccc21.Cl. The number of hydrogen-bond acceptors (Lipinski definition) is 4. The van der Waals surface area contributed by atoms with E-state index in [0.717, 1.165) is 11.3 Å². The molecule has 122 valence electrons. The van der Waals surface area contributed by atoms with Gasteiger partial charge in [0.15, 0.2) is 0 Å². The molecule has 0 spiro atoms. The molecule has 1 amide bonds. The number of fused-ring (bicyclic) bond motifs is 1. The van der Waals surface area contributed by atoms with Gasteiger partial charge in [0.2, 0.25) is 15.9 Å². The van der Waals surface area contributed by atoms with Crippen LogP contribution in [0.4, 0.5) is 5.69 Å². The highest BCUT2D eigenvalue weighted by atomic mass is 35.5. The van der Waals surface area contributed by atoms with Crippen LogP contribution in [0.3, 0.4) is 0 Å². The highest BCUT2D eigenvalue weighted by molar-refractivity contribution is 7.89. The lowest BCUT2D eigenvalue weighted by atomic mass is 10.2. The maximum absolute atomic E-state index is 12.6. The molecule has 6 nitrogen and oxygen atoms in total. The Hall–Kier alpha value is -1.15. The zero-order valence-electron chi connectivity index (χ0n) is 12.6. The van der Waals surface area contributed by atoms with E-state index in [1.165, 1.54) is 11.2 Å². The number of rotatable bonds is 3. The molecule has 0 bridgehead atoms. The summed E-state index contributed by atoms with van der Waals surface area (Å²) in [6.45, 7) is 3.53. The molecule has 2 aliphatic heterocycles. The summed E-state index contributed by atoms with van der Waals surface area (Å²) in [5.74, 6) is -0.0120. The summed E-state index contributed by atoms with van der Waals surface area (Å²) >= 11 is 0. The van der Waals surface area contributed by atoms with Gasteiger partial charge >= 0.3 is 0 Å². The van der Waals surface area contributed by atoms with Crippen LogP contribution in [0.25, 0.3) is 0 Å². The van der Waals surface area contributed by atoms with E-state index in [1.807, 2.05) is 0 Å². The van der Waals surface area contributed by atoms with Gasteiger partial charge < -0.3 is 10.2 Å². The number of benzene rings is 1. The molecule has 1 fully saturated rings. The highest BCUT2D eigenvalue weighted by Gasteiger charge is 2.32. The summed E-state index contributed by atoms with van der Waals surface area (Å²) in [6, 6.07) is 5.06. The molecule has 1 saturated heterocycles. The van der Waals surface area contributed by atoms with Crippen molar-refractivity contribution < 1.29 is 13.2 Å². The van der Waals surface area contributed by atoms with Crippen molar-refractivity contribution >= 4 is 34.0 Å². The van der Waals surface area contributed by atoms with E-state index in [9.17, 15) is 13.2 Å². The minimum atomic E-state index is -3.47. The Bertz CT molecular complexity index is 689. The summed E-state index contributed by atoms with van der Waals surface area (Å²) in [5.41, 5.74) is 1.75. The predicted octanol–water partition coefficient (Wildman–Crippen LogP) is 0.610. The first-order valence-electron chi connectivity index (χ1n) is 7.01. The van der Waals surface area contributed by atoms with Gasteiger partial charge in [-0.05, 0) is 30.2 Å². The predicted molar refractivity (Wildman–Crippen MR) is 87.0 cm³/mol. The number of anilines is 1. The second-order valence-electron chi connectivity index (χ2n) is 5.54. The fourth-order valence-corrected chi connectivity index (χ4v) is 4.16. The van der Waals surface area contributed by atoms with E-state index < -0.39 is 10.0 Å². The number of likely N-dealkylation sites (N-methyl/N-ethyl adjacent to an activating group) is 1. The van der Waals surface area contributed by atoms with E-state index in [-0.39, 0.29) is 24.4 Å². The van der Waals surface area contributed by atoms with Crippen molar-refractivity contribution in [3.8, 4) is 0 Å². The van der Waals surface area contributed by atoms with Crippen molar-refractivity contribution in [2.45, 2.75) is 24.3 Å². The number of nitrogens with zero attached hydrogens (tertiary/aromatic N) is 2. The van der Waals surface area contributed by atoms with Gasteiger partial charge in [-0.1, -0.05) is 0 Å². The molecule has 22 heavy (non-hydrogen) atoms. The zero-order valence-corrected chi connectivity index (χ0v) is 14.2. The van der Waals surface area contributed by atoms with Crippen LogP contribution in [-0.4, -0.2) is 51.4 Å². The van der Waals surface area contributed by atoms with Crippen LogP contribution < -0.4 is 10.2 Å². The van der Waals surface area contributed by atoms with Gasteiger partial charge in [0.25, 0.3) is 0 Å². The molecule has 0 radical (unpaired) electrons. The van der Waals surface area contributed by atoms with Gasteiger partial charge in [0, 0.05) is 45.3 Å². The quantitative estimate of drug-likeness (QED) is 0.871. The maximum Gasteiger partial charge on any atom is 0.243 e. The lowest BCUT2D eigenvalue weighted by Crippen LogP contribution is -2.57. The summed E-state index contributed by atoms with van der Waals surface area (Å²) in [6.07, 6.45) is 0.701. The van der Waals surface area contributed by atoms with Gasteiger partial charge in [-0.15, -0.1) is 12.4 Å². The number of nitrogens with one attached hydrogen (secondary N) is 1. The number of hydrogen-bond donors (Lipinski definition) is 1. The summed E-state index contributed by atoms with van der Waals surface area (Å²) in [7, 11) is -1.85. The molecule has 2 heterocycles. The topological polar surface area (TPSA) is 69.7 Å². The van der Waals surface area contributed by atoms with Crippen LogP contribution in [-0.2, 0) is 21.2 Å². The summed E-state index contributed by atoms with van der Waals surface area (Å²) < 4.78 is 26.6. The Balaban J connectivity index is 0.00000176. The molecule has 0 saturated carbocycles. The first kappa shape index (κ1) is 17.2. The van der Waals surface area contributed by atoms with Crippen molar-refractivity contribution in [1.82, 2.24) is 9.62 Å². The van der Waals surface area contributed by atoms with E-state index >= 15 is 0 Å². The number of amides is 1. The Labute approximate surface area is 136 Å². The molecular formula is C14H20ClN3O3S. The van der Waals surface area contributed by atoms with Crippen molar-refractivity contribution in [3.05, 3.63) is 23.8 Å². The first-order valence-corrected chi connectivity index (χ1v) is 8.45. The van der Waals surface area contributed by atoms with Gasteiger partial charge in [0.1, 0.15) is 0 Å². The minimum Gasteiger partial charge on any atom is -0.313 e. The normalized spacial score (nSPS) is 17.9. The lowest BCUT2D eigenvalue weighted by molar-refractivity contribution is -0.116. The van der Waals surface area contributed by atoms with Gasteiger partial charge in [0.05, 0.1) is 4.90 Å². The Kier molecular flexibility index (Phi) is 4.81. The van der Waals surface area contributed by atoms with Crippen molar-refractivity contribution in [1.29, 1.82) is 0 Å². The minimum absolute atomic E-state index is 0. The van der Waals surface area contributed by atoms with Crippen molar-refractivity contribution in [2.75, 3.05) is 31.6 Å². The fourth-order valence-electron chi connectivity index (χ4n) is 2.76. The molecule has 0 unspecified atom stereocenters. The van der Waals surface area contributed by atoms with Gasteiger partial charge in [-0.3, -0.25) is 4.79 Å². The maximum atomic E-state index is 12.6. The molecule has 3 rings (SSSR count). The number of carbonyl (C=O) groups excluding carboxylic acids is 1. The number of carbonyl (C=O) groups is 1. The molecule has 8 heteroatoms. The largest absolute Gasteiger partial charge is 0.313 e. The van der Waals surface area contributed by atoms with E-state index in [4.69, 9.17) is 0 Å². The number of sulfonamides is 1. The third kappa shape index (κ3) is 2.74. The average molecular weight is 346 g/mol. The van der Waals surface area contributed by atoms with Crippen LogP contribution >= 0.6 is 12.4 Å². The summed E-state index contributed by atoms with van der Waals surface area (Å²) in [5, 5.41) is 3.08. The smallest absolute Gasteiger partial charge is 0.243 e. The molecule has 0 aromatic heterocycles. The van der Waals surface area contributed by atoms with Crippen molar-refractivity contribution in [2.24, 2.45) is 0 Å². The van der Waals surface area contributed by atoms with Crippen LogP contribution in [0, 0.1) is 0 Å². The molecule has 1 aromatic rings. The first-order chi connectivity index (χ1) is 9.91. The van der Waals surface area contributed by atoms with Crippen LogP contribution in [0.2, 0.25) is 0 Å². The Morgan fingerprint density at radius 2 is 2.05 bits per heavy atom. The van der Waals surface area contributed by atoms with E-state index in [0.29, 0.717) is 31.0 Å². The van der Waals surface area contributed by atoms with Gasteiger partial charge in [-0.2, -0.15) is 4.31 Å². The fraction of sp³-hybridized carbons (Fsp3) is 0.500. The second-order valence-corrected chi connectivity index (χ2v) is 7.54. The molecule has 1 aromatic carbocycles. The van der Waals surface area contributed by atoms with E-state index in [2.05, 4.69) is 5.32 Å². The van der Waals surface area contributed by atoms with Crippen LogP contribution in [0.5, 0.6) is 0 Å². The van der Waals surface area contributed by atoms with Crippen LogP contribution in [0.15, 0.2) is 23.1 Å². The van der Waals surface area contributed by atoms with Crippen molar-refractivity contribution in [3.63, 3.8) is 0 Å². The zero-order chi connectivity index (χ0) is 15.2. The van der Waals surface area contributed by atoms with E-state index in [1.54, 1.807) is 30.1 Å². The standard InChI is InChI=1S/C14H19N3O3S.ClH/c1-10(18)17-6-5-11-7-13(3-4-14(11)17)21(19,20)16(2)12-8-15-9-12;/h3-4,7,12,15H,5-6,8-9H2,1-2H3;1H. The third-order valence-corrected chi connectivity index (χ3v) is 6.18.